The van der Waals surface area contributed by atoms with Crippen molar-refractivity contribution in [2.24, 2.45) is 5.92 Å². The first-order valence-corrected chi connectivity index (χ1v) is 16.0. The minimum atomic E-state index is -0.830. The van der Waals surface area contributed by atoms with Gasteiger partial charge in [-0.2, -0.15) is 0 Å². The molecule has 3 aromatic rings. The summed E-state index contributed by atoms with van der Waals surface area (Å²) in [6.07, 6.45) is 5.63. The Kier molecular flexibility index (Phi) is 24.2. The number of aryl methyl sites for hydroxylation is 2. The molecule has 41 heavy (non-hydrogen) atoms. The number of nitrogens with zero attached hydrogens (tertiary/aromatic N) is 2. The van der Waals surface area contributed by atoms with Gasteiger partial charge in [0.15, 0.2) is 5.82 Å². The van der Waals surface area contributed by atoms with E-state index in [2.05, 4.69) is 59.0 Å². The topological polar surface area (TPSA) is 92.2 Å². The number of aliphatic carboxylic acids is 1. The lowest BCUT2D eigenvalue weighted by molar-refractivity contribution is -0.136. The summed E-state index contributed by atoms with van der Waals surface area (Å²) in [7, 11) is 0. The maximum atomic E-state index is 10.8. The molecule has 6 nitrogen and oxygen atoms in total. The van der Waals surface area contributed by atoms with Crippen molar-refractivity contribution in [1.29, 1.82) is 0 Å². The summed E-state index contributed by atoms with van der Waals surface area (Å²) in [5.74, 6) is 1.61. The molecule has 2 N–H and O–H groups in total. The highest BCUT2D eigenvalue weighted by Gasteiger charge is 2.15. The number of hydrogen-bond donors (Lipinski definition) is 2. The first kappa shape index (κ1) is 40.1. The van der Waals surface area contributed by atoms with Crippen LogP contribution in [0, 0.1) is 12.8 Å². The van der Waals surface area contributed by atoms with E-state index < -0.39 is 5.97 Å². The van der Waals surface area contributed by atoms with Crippen molar-refractivity contribution in [3.63, 3.8) is 0 Å². The number of carboxylic acid groups (broad SMARTS) is 1. The highest BCUT2D eigenvalue weighted by molar-refractivity contribution is 7.15. The molecular weight excluding hydrogens is 530 g/mol. The monoisotopic (exact) mass is 585 g/mol. The predicted molar refractivity (Wildman–Crippen MR) is 179 cm³/mol. The Bertz CT molecular complexity index is 1090. The van der Waals surface area contributed by atoms with Crippen LogP contribution in [0.15, 0.2) is 36.4 Å². The van der Waals surface area contributed by atoms with Gasteiger partial charge in [0, 0.05) is 28.2 Å². The van der Waals surface area contributed by atoms with Crippen LogP contribution in [0.25, 0.3) is 10.7 Å². The number of hydrogen-bond acceptors (Lipinski definition) is 6. The Morgan fingerprint density at radius 2 is 1.54 bits per heavy atom. The molecular formula is C34H55N3O3S. The molecule has 0 unspecified atom stereocenters. The summed E-state index contributed by atoms with van der Waals surface area (Å²) in [6, 6.07) is 11.6. The third-order valence-electron chi connectivity index (χ3n) is 5.54. The van der Waals surface area contributed by atoms with Crippen LogP contribution >= 0.6 is 11.3 Å². The Morgan fingerprint density at radius 1 is 0.951 bits per heavy atom. The third-order valence-corrected chi connectivity index (χ3v) is 6.53. The van der Waals surface area contributed by atoms with E-state index >= 15 is 0 Å². The summed E-state index contributed by atoms with van der Waals surface area (Å²) in [5.41, 5.74) is 3.83. The lowest BCUT2D eigenvalue weighted by atomic mass is 10.1. The van der Waals surface area contributed by atoms with E-state index in [0.717, 1.165) is 70.5 Å². The minimum Gasteiger partial charge on any atom is -0.481 e. The lowest BCUT2D eigenvalue weighted by Gasteiger charge is -2.15. The number of carboxylic acids is 1. The number of carbonyl (C=O) groups is 2. The van der Waals surface area contributed by atoms with Crippen LogP contribution in [0.4, 0.5) is 11.5 Å². The van der Waals surface area contributed by atoms with E-state index in [1.54, 1.807) is 11.3 Å². The Balaban J connectivity index is 0. The van der Waals surface area contributed by atoms with Crippen LogP contribution in [0.1, 0.15) is 110 Å². The fraction of sp³-hybridized carbons (Fsp3) is 0.529. The van der Waals surface area contributed by atoms with Crippen LogP contribution in [-0.2, 0) is 28.9 Å². The number of aldehydes is 1. The van der Waals surface area contributed by atoms with Gasteiger partial charge in [-0.1, -0.05) is 87.8 Å². The Hall–Kier alpha value is -3.06. The van der Waals surface area contributed by atoms with Crippen LogP contribution in [0.2, 0.25) is 0 Å². The molecule has 1 aromatic carbocycles. The van der Waals surface area contributed by atoms with Gasteiger partial charge in [0.05, 0.1) is 11.3 Å². The summed E-state index contributed by atoms with van der Waals surface area (Å²) in [6.45, 7) is 22.9. The molecule has 0 aliphatic heterocycles. The molecule has 0 radical (unpaired) electrons. The second kappa shape index (κ2) is 24.7. The quantitative estimate of drug-likeness (QED) is 0.230. The van der Waals surface area contributed by atoms with E-state index in [0.29, 0.717) is 6.42 Å². The third kappa shape index (κ3) is 16.7. The van der Waals surface area contributed by atoms with Gasteiger partial charge in [-0.3, -0.25) is 4.79 Å². The Morgan fingerprint density at radius 3 is 1.90 bits per heavy atom. The van der Waals surface area contributed by atoms with Crippen molar-refractivity contribution >= 4 is 35.1 Å². The molecule has 0 bridgehead atoms. The number of thiophene rings is 1. The van der Waals surface area contributed by atoms with Gasteiger partial charge in [0.1, 0.15) is 12.1 Å². The number of nitrogens with one attached hydrogen (secondary N) is 1. The zero-order valence-corrected chi connectivity index (χ0v) is 28.2. The number of aromatic nitrogens is 2. The summed E-state index contributed by atoms with van der Waals surface area (Å²) in [5, 5.41) is 12.3. The van der Waals surface area contributed by atoms with Gasteiger partial charge in [-0.15, -0.1) is 11.3 Å². The van der Waals surface area contributed by atoms with Gasteiger partial charge in [0.2, 0.25) is 0 Å². The minimum absolute atomic E-state index is 0.0237. The normalized spacial score (nSPS) is 9.46. The van der Waals surface area contributed by atoms with Crippen molar-refractivity contribution in [1.82, 2.24) is 9.97 Å². The smallest absolute Gasteiger partial charge is 0.307 e. The van der Waals surface area contributed by atoms with E-state index in [9.17, 15) is 9.59 Å². The molecule has 7 heteroatoms. The zero-order valence-electron chi connectivity index (χ0n) is 27.4. The molecule has 2 aromatic heterocycles. The highest BCUT2D eigenvalue weighted by atomic mass is 32.1. The van der Waals surface area contributed by atoms with Gasteiger partial charge >= 0.3 is 5.97 Å². The molecule has 0 spiro atoms. The summed E-state index contributed by atoms with van der Waals surface area (Å²) < 4.78 is 0. The summed E-state index contributed by atoms with van der Waals surface area (Å²) in [4.78, 5) is 32.1. The van der Waals surface area contributed by atoms with Crippen LogP contribution in [0.3, 0.4) is 0 Å². The fourth-order valence-electron chi connectivity index (χ4n) is 3.10. The number of anilines is 2. The second-order valence-electron chi connectivity index (χ2n) is 9.09. The number of carbonyl (C=O) groups excluding carboxylic acids is 1. The SMILES string of the molecule is CC.CC.CCC(C)C.CCCC=O.CCc1nc(-c2ccc(C)s2)nc(Nc2ccc(CC(=O)O)cc2)c1CC. The number of benzene rings is 1. The molecule has 2 heterocycles. The molecule has 3 rings (SSSR count). The summed E-state index contributed by atoms with van der Waals surface area (Å²) >= 11 is 1.69. The first-order valence-electron chi connectivity index (χ1n) is 15.2. The largest absolute Gasteiger partial charge is 0.481 e. The molecule has 0 aliphatic carbocycles. The maximum Gasteiger partial charge on any atom is 0.307 e. The van der Waals surface area contributed by atoms with Gasteiger partial charge in [-0.25, -0.2) is 9.97 Å². The van der Waals surface area contributed by atoms with Gasteiger partial charge in [0.25, 0.3) is 0 Å². The highest BCUT2D eigenvalue weighted by Crippen LogP contribution is 2.30. The van der Waals surface area contributed by atoms with Gasteiger partial charge in [-0.05, 0) is 61.9 Å². The zero-order chi connectivity index (χ0) is 31.8. The average molecular weight is 586 g/mol. The predicted octanol–water partition coefficient (Wildman–Crippen LogP) is 10.1. The molecule has 0 aliphatic rings. The van der Waals surface area contributed by atoms with Crippen molar-refractivity contribution in [2.45, 2.75) is 115 Å². The Labute approximate surface area is 254 Å². The maximum absolute atomic E-state index is 10.8. The molecule has 0 saturated carbocycles. The second-order valence-corrected chi connectivity index (χ2v) is 10.4. The lowest BCUT2D eigenvalue weighted by Crippen LogP contribution is -2.07. The number of unbranched alkanes of at least 4 members (excludes halogenated alkanes) is 1. The molecule has 0 saturated heterocycles. The van der Waals surface area contributed by atoms with E-state index in [1.807, 2.05) is 58.9 Å². The van der Waals surface area contributed by atoms with Crippen LogP contribution < -0.4 is 5.32 Å². The van der Waals surface area contributed by atoms with Gasteiger partial charge < -0.3 is 15.2 Å². The van der Waals surface area contributed by atoms with Crippen molar-refractivity contribution < 1.29 is 14.7 Å². The van der Waals surface area contributed by atoms with E-state index in [1.165, 1.54) is 11.3 Å². The fourth-order valence-corrected chi connectivity index (χ4v) is 3.90. The van der Waals surface area contributed by atoms with Crippen molar-refractivity contribution in [2.75, 3.05) is 5.32 Å². The molecule has 0 atom stereocenters. The van der Waals surface area contributed by atoms with E-state index in [4.69, 9.17) is 15.1 Å². The molecule has 230 valence electrons. The van der Waals surface area contributed by atoms with Crippen LogP contribution in [-0.4, -0.2) is 27.3 Å². The molecule has 0 fully saturated rings. The van der Waals surface area contributed by atoms with E-state index in [-0.39, 0.29) is 6.42 Å². The van der Waals surface area contributed by atoms with Crippen molar-refractivity contribution in [3.05, 3.63) is 58.1 Å². The van der Waals surface area contributed by atoms with Crippen LogP contribution in [0.5, 0.6) is 0 Å². The average Bonchev–Trinajstić information content (AvgIpc) is 3.42. The van der Waals surface area contributed by atoms with Crippen molar-refractivity contribution in [3.8, 4) is 10.7 Å². The molecule has 0 amide bonds. The number of rotatable bonds is 10. The first-order chi connectivity index (χ1) is 19.7. The standard InChI is InChI=1S/C21H23N3O2S.C5H12.C4H8O.2C2H6/c1-4-16-17(5-2)23-21(18-11-6-13(3)27-18)24-20(16)22-15-9-7-14(8-10-15)12-19(25)26;1-4-5(2)3;1-2-3-4-5;2*1-2/h6-11H,4-5,12H2,1-3H3,(H,25,26)(H,22,23,24);5H,4H2,1-3H3;4H,2-3H2,1H3;2*1-2H3.